The van der Waals surface area contributed by atoms with Crippen molar-refractivity contribution in [3.05, 3.63) is 0 Å². The van der Waals surface area contributed by atoms with Gasteiger partial charge in [0.2, 0.25) is 5.79 Å². The van der Waals surface area contributed by atoms with E-state index < -0.39 is 24.4 Å². The molecule has 5 heteroatoms. The molecular formula is C12H19FO4. The van der Waals surface area contributed by atoms with Gasteiger partial charge < -0.3 is 9.47 Å². The minimum absolute atomic E-state index is 0.345. The maximum Gasteiger partial charge on any atom is 0.232 e. The third-order valence-electron chi connectivity index (χ3n) is 4.42. The average Bonchev–Trinajstić information content (AvgIpc) is 2.64. The number of hydrogen-bond acceptors (Lipinski definition) is 4. The Balaban J connectivity index is 1.94. The third-order valence-corrected chi connectivity index (χ3v) is 4.42. The number of alkyl halides is 1. The fourth-order valence-electron chi connectivity index (χ4n) is 3.42. The SMILES string of the molecule is COC1O[C@]2(CF)CC[C@@H]3CCCC[C@]13OO2. The van der Waals surface area contributed by atoms with Crippen LogP contribution in [0.3, 0.4) is 0 Å². The molecule has 0 amide bonds. The Bertz CT molecular complexity index is 296. The highest BCUT2D eigenvalue weighted by Gasteiger charge is 2.61. The van der Waals surface area contributed by atoms with E-state index in [9.17, 15) is 4.39 Å². The summed E-state index contributed by atoms with van der Waals surface area (Å²) in [6.07, 6.45) is 5.10. The van der Waals surface area contributed by atoms with Gasteiger partial charge in [0.15, 0.2) is 11.9 Å². The monoisotopic (exact) mass is 246 g/mol. The van der Waals surface area contributed by atoms with Crippen LogP contribution in [-0.2, 0) is 19.2 Å². The molecule has 98 valence electrons. The summed E-state index contributed by atoms with van der Waals surface area (Å²) in [6, 6.07) is 0. The molecule has 4 atom stereocenters. The van der Waals surface area contributed by atoms with E-state index >= 15 is 0 Å². The van der Waals surface area contributed by atoms with Crippen molar-refractivity contribution in [2.24, 2.45) is 5.92 Å². The molecule has 0 N–H and O–H groups in total. The van der Waals surface area contributed by atoms with E-state index in [4.69, 9.17) is 19.2 Å². The largest absolute Gasteiger partial charge is 0.353 e. The van der Waals surface area contributed by atoms with Crippen molar-refractivity contribution < 1.29 is 23.6 Å². The Hall–Kier alpha value is -0.230. The highest BCUT2D eigenvalue weighted by Crippen LogP contribution is 2.52. The van der Waals surface area contributed by atoms with Crippen molar-refractivity contribution in [2.45, 2.75) is 56.2 Å². The number of halogens is 1. The van der Waals surface area contributed by atoms with Crippen molar-refractivity contribution in [1.29, 1.82) is 0 Å². The van der Waals surface area contributed by atoms with Gasteiger partial charge in [-0.3, -0.25) is 0 Å². The van der Waals surface area contributed by atoms with E-state index in [0.717, 1.165) is 25.7 Å². The van der Waals surface area contributed by atoms with Gasteiger partial charge in [0.05, 0.1) is 0 Å². The Labute approximate surface area is 100 Å². The third kappa shape index (κ3) is 1.63. The minimum Gasteiger partial charge on any atom is -0.353 e. The Kier molecular flexibility index (Phi) is 2.89. The molecule has 0 aromatic carbocycles. The van der Waals surface area contributed by atoms with Crippen molar-refractivity contribution in [3.63, 3.8) is 0 Å². The quantitative estimate of drug-likeness (QED) is 0.701. The van der Waals surface area contributed by atoms with Gasteiger partial charge >= 0.3 is 0 Å². The normalized spacial score (nSPS) is 49.8. The molecular weight excluding hydrogens is 227 g/mol. The molecule has 3 aliphatic heterocycles. The van der Waals surface area contributed by atoms with Crippen LogP contribution < -0.4 is 0 Å². The van der Waals surface area contributed by atoms with E-state index in [-0.39, 0.29) is 0 Å². The fourth-order valence-corrected chi connectivity index (χ4v) is 3.42. The second kappa shape index (κ2) is 4.16. The van der Waals surface area contributed by atoms with Crippen molar-refractivity contribution in [1.82, 2.24) is 0 Å². The van der Waals surface area contributed by atoms with Crippen LogP contribution in [0.2, 0.25) is 0 Å². The van der Waals surface area contributed by atoms with Gasteiger partial charge in [0.1, 0.15) is 6.67 Å². The van der Waals surface area contributed by atoms with Crippen molar-refractivity contribution in [2.75, 3.05) is 13.8 Å². The van der Waals surface area contributed by atoms with E-state index in [2.05, 4.69) is 0 Å². The molecule has 17 heavy (non-hydrogen) atoms. The Morgan fingerprint density at radius 2 is 2.12 bits per heavy atom. The van der Waals surface area contributed by atoms with Crippen molar-refractivity contribution in [3.8, 4) is 0 Å². The molecule has 1 saturated carbocycles. The zero-order valence-electron chi connectivity index (χ0n) is 10.1. The number of methoxy groups -OCH3 is 1. The summed E-state index contributed by atoms with van der Waals surface area (Å²) >= 11 is 0. The van der Waals surface area contributed by atoms with E-state index in [1.54, 1.807) is 7.11 Å². The zero-order chi connectivity index (χ0) is 11.9. The zero-order valence-corrected chi connectivity index (χ0v) is 10.1. The van der Waals surface area contributed by atoms with Gasteiger partial charge in [-0.1, -0.05) is 12.8 Å². The summed E-state index contributed by atoms with van der Waals surface area (Å²) in [4.78, 5) is 10.9. The van der Waals surface area contributed by atoms with Crippen LogP contribution in [0.4, 0.5) is 4.39 Å². The maximum absolute atomic E-state index is 13.1. The first-order chi connectivity index (χ1) is 8.25. The van der Waals surface area contributed by atoms with Gasteiger partial charge in [-0.25, -0.2) is 9.28 Å². The molecule has 3 saturated heterocycles. The highest BCUT2D eigenvalue weighted by atomic mass is 19.1. The van der Waals surface area contributed by atoms with Crippen molar-refractivity contribution >= 4 is 0 Å². The summed E-state index contributed by atoms with van der Waals surface area (Å²) in [6.45, 7) is -0.699. The van der Waals surface area contributed by atoms with Crippen LogP contribution in [0.1, 0.15) is 38.5 Å². The molecule has 2 bridgehead atoms. The molecule has 0 aromatic heterocycles. The van der Waals surface area contributed by atoms with Crippen LogP contribution in [0.5, 0.6) is 0 Å². The Morgan fingerprint density at radius 1 is 1.24 bits per heavy atom. The first-order valence-electron chi connectivity index (χ1n) is 6.38. The van der Waals surface area contributed by atoms with Gasteiger partial charge in [0, 0.05) is 13.5 Å². The molecule has 0 radical (unpaired) electrons. The lowest BCUT2D eigenvalue weighted by molar-refractivity contribution is -0.552. The highest BCUT2D eigenvalue weighted by molar-refractivity contribution is 4.99. The summed E-state index contributed by atoms with van der Waals surface area (Å²) in [5.74, 6) is -0.902. The molecule has 4 rings (SSSR count). The first-order valence-corrected chi connectivity index (χ1v) is 6.38. The lowest BCUT2D eigenvalue weighted by Crippen LogP contribution is -2.60. The van der Waals surface area contributed by atoms with Gasteiger partial charge in [0.25, 0.3) is 0 Å². The van der Waals surface area contributed by atoms with Gasteiger partial charge in [-0.15, -0.1) is 0 Å². The van der Waals surface area contributed by atoms with E-state index in [1.807, 2.05) is 0 Å². The maximum atomic E-state index is 13.1. The van der Waals surface area contributed by atoms with Gasteiger partial charge in [-0.05, 0) is 25.2 Å². The molecule has 0 aromatic rings. The lowest BCUT2D eigenvalue weighted by atomic mass is 9.73. The number of hydrogen-bond donors (Lipinski definition) is 0. The molecule has 4 aliphatic rings. The second-order valence-corrected chi connectivity index (χ2v) is 5.33. The predicted molar refractivity (Wildman–Crippen MR) is 56.7 cm³/mol. The molecule has 1 spiro atoms. The number of ether oxygens (including phenoxy) is 2. The number of fused-ring (bicyclic) bond motifs is 3. The van der Waals surface area contributed by atoms with Gasteiger partial charge in [-0.2, -0.15) is 4.89 Å². The van der Waals surface area contributed by atoms with Crippen LogP contribution in [-0.4, -0.2) is 31.5 Å². The van der Waals surface area contributed by atoms with Crippen LogP contribution in [0, 0.1) is 5.92 Å². The lowest BCUT2D eigenvalue weighted by Gasteiger charge is -2.49. The molecule has 3 heterocycles. The molecule has 1 unspecified atom stereocenters. The smallest absolute Gasteiger partial charge is 0.232 e. The van der Waals surface area contributed by atoms with E-state index in [1.165, 1.54) is 6.42 Å². The summed E-state index contributed by atoms with van der Waals surface area (Å²) in [7, 11) is 1.58. The standard InChI is InChI=1S/C12H19FO4/c1-14-10-12-6-3-2-4-9(12)5-7-11(8-13,15-10)16-17-12/h9-10H,2-8H2,1H3/t9-,10?,11+,12+/m0/s1. The predicted octanol–water partition coefficient (Wildman–Crippen LogP) is 2.33. The fraction of sp³-hybridized carbons (Fsp3) is 1.00. The van der Waals surface area contributed by atoms with Crippen LogP contribution >= 0.6 is 0 Å². The molecule has 1 aliphatic carbocycles. The first kappa shape index (κ1) is 11.8. The summed E-state index contributed by atoms with van der Waals surface area (Å²) < 4.78 is 24.2. The second-order valence-electron chi connectivity index (χ2n) is 5.33. The topological polar surface area (TPSA) is 36.9 Å². The minimum atomic E-state index is -1.25. The molecule has 4 nitrogen and oxygen atoms in total. The molecule has 4 fully saturated rings. The van der Waals surface area contributed by atoms with Crippen LogP contribution in [0.25, 0.3) is 0 Å². The van der Waals surface area contributed by atoms with Crippen LogP contribution in [0.15, 0.2) is 0 Å². The summed E-state index contributed by atoms with van der Waals surface area (Å²) in [5, 5.41) is 0. The number of rotatable bonds is 2. The average molecular weight is 246 g/mol. The summed E-state index contributed by atoms with van der Waals surface area (Å²) in [5.41, 5.74) is -0.526. The van der Waals surface area contributed by atoms with E-state index in [0.29, 0.717) is 12.3 Å². The Morgan fingerprint density at radius 3 is 2.88 bits per heavy atom.